The number of aryl methyl sites for hydroxylation is 2. The molecule has 2 aromatic rings. The molecule has 0 radical (unpaired) electrons. The Morgan fingerprint density at radius 1 is 0.938 bits per heavy atom. The molecule has 0 fully saturated rings. The minimum Gasteiger partial charge on any atom is -0.406 e. The van der Waals surface area contributed by atoms with Gasteiger partial charge in [-0.15, -0.1) is 0 Å². The van der Waals surface area contributed by atoms with Crippen LogP contribution in [0.25, 0.3) is 0 Å². The van der Waals surface area contributed by atoms with Crippen LogP contribution in [0, 0.1) is 20.3 Å². The Morgan fingerprint density at radius 3 is 1.59 bits per heavy atom. The number of primary sulfonamides is 1. The molecule has 2 aromatic heterocycles. The van der Waals surface area contributed by atoms with Gasteiger partial charge in [-0.05, 0) is 38.0 Å². The van der Waals surface area contributed by atoms with Crippen molar-refractivity contribution in [2.24, 2.45) is 5.14 Å². The van der Waals surface area contributed by atoms with Gasteiger partial charge in [0.1, 0.15) is 17.2 Å². The minimum atomic E-state index is -3.68. The van der Waals surface area contributed by atoms with Gasteiger partial charge in [-0.2, -0.15) is 15.3 Å². The predicted octanol–water partition coefficient (Wildman–Crippen LogP) is -1.82. The van der Waals surface area contributed by atoms with E-state index in [9.17, 15) is 8.42 Å². The van der Waals surface area contributed by atoms with Crippen molar-refractivity contribution in [2.75, 3.05) is 14.2 Å². The van der Waals surface area contributed by atoms with E-state index in [1.807, 2.05) is 27.2 Å². The number of hydrogen-bond acceptors (Lipinski definition) is 10. The molecule has 2 heterocycles. The molecule has 0 saturated carbocycles. The van der Waals surface area contributed by atoms with Crippen LogP contribution in [0.1, 0.15) is 48.8 Å². The van der Waals surface area contributed by atoms with Crippen LogP contribution in [-0.4, -0.2) is 56.2 Å². The van der Waals surface area contributed by atoms with E-state index in [-0.39, 0.29) is 57.5 Å². The molecule has 0 aromatic carbocycles. The molecule has 11 nitrogen and oxygen atoms in total. The molecule has 174 valence electrons. The number of hydrogen-bond donors (Lipinski definition) is 1. The molecule has 0 bridgehead atoms. The Labute approximate surface area is 235 Å². The third kappa shape index (κ3) is 12.6. The van der Waals surface area contributed by atoms with Gasteiger partial charge in [0, 0.05) is 39.0 Å². The summed E-state index contributed by atoms with van der Waals surface area (Å²) in [5.74, 6) is 1.03. The Kier molecular flexibility index (Phi) is 18.8. The van der Waals surface area contributed by atoms with Gasteiger partial charge in [-0.1, -0.05) is 0 Å². The smallest absolute Gasteiger partial charge is 0.406 e. The number of ether oxygens (including phenoxy) is 2. The van der Waals surface area contributed by atoms with Crippen LogP contribution in [-0.2, 0) is 31.1 Å². The number of methoxy groups -OCH3 is 2. The second-order valence-electron chi connectivity index (χ2n) is 6.25. The SMILES string of the molecule is CO[C@H](c1ncc(C)cn1)[C@H](C)S(N)(=O)=O.C[CH-][C@H](OC)c1ncc(C)cn1.O=S=O.[K+]. The van der Waals surface area contributed by atoms with Crippen LogP contribution in [0.4, 0.5) is 0 Å². The van der Waals surface area contributed by atoms with Crippen molar-refractivity contribution in [1.82, 2.24) is 19.9 Å². The maximum Gasteiger partial charge on any atom is 1.00 e. The van der Waals surface area contributed by atoms with E-state index in [1.54, 1.807) is 31.9 Å². The number of nitrogens with two attached hydrogens (primary N) is 1. The average Bonchev–Trinajstić information content (AvgIpc) is 2.72. The zero-order chi connectivity index (χ0) is 24.0. The molecule has 2 rings (SSSR count). The van der Waals surface area contributed by atoms with E-state index in [1.165, 1.54) is 14.0 Å². The van der Waals surface area contributed by atoms with E-state index in [2.05, 4.69) is 19.9 Å². The number of nitrogens with zero attached hydrogens (tertiary/aromatic N) is 4. The van der Waals surface area contributed by atoms with Crippen molar-refractivity contribution in [3.8, 4) is 0 Å². The number of aromatic nitrogens is 4. The van der Waals surface area contributed by atoms with E-state index in [4.69, 9.17) is 23.0 Å². The summed E-state index contributed by atoms with van der Waals surface area (Å²) in [7, 11) is -0.632. The van der Waals surface area contributed by atoms with Crippen molar-refractivity contribution >= 4 is 21.6 Å². The molecular weight excluding hydrogens is 485 g/mol. The van der Waals surface area contributed by atoms with Crippen LogP contribution in [0.15, 0.2) is 24.8 Å². The molecule has 32 heavy (non-hydrogen) atoms. The van der Waals surface area contributed by atoms with Crippen molar-refractivity contribution in [3.63, 3.8) is 0 Å². The van der Waals surface area contributed by atoms with Gasteiger partial charge in [-0.25, -0.2) is 33.5 Å². The van der Waals surface area contributed by atoms with Crippen LogP contribution < -0.4 is 56.5 Å². The molecule has 0 saturated heterocycles. The first-order chi connectivity index (χ1) is 14.5. The summed E-state index contributed by atoms with van der Waals surface area (Å²) in [6.07, 6.45) is 7.86. The molecule has 0 amide bonds. The van der Waals surface area contributed by atoms with Gasteiger partial charge in [0.15, 0.2) is 5.82 Å². The largest absolute Gasteiger partial charge is 1.00 e. The summed E-state index contributed by atoms with van der Waals surface area (Å²) in [5.41, 5.74) is 1.95. The molecule has 0 unspecified atom stereocenters. The summed E-state index contributed by atoms with van der Waals surface area (Å²) in [6.45, 7) is 7.19. The first-order valence-electron chi connectivity index (χ1n) is 8.91. The summed E-state index contributed by atoms with van der Waals surface area (Å²) in [5, 5.41) is 4.17. The van der Waals surface area contributed by atoms with Crippen molar-refractivity contribution < 1.29 is 77.7 Å². The van der Waals surface area contributed by atoms with Crippen LogP contribution in [0.3, 0.4) is 0 Å². The first kappa shape index (κ1) is 33.6. The maximum atomic E-state index is 11.2. The summed E-state index contributed by atoms with van der Waals surface area (Å²) < 4.78 is 49.2. The first-order valence-corrected chi connectivity index (χ1v) is 11.2. The van der Waals surface area contributed by atoms with Gasteiger partial charge < -0.3 is 9.47 Å². The molecule has 14 heteroatoms. The fourth-order valence-corrected chi connectivity index (χ4v) is 2.75. The third-order valence-electron chi connectivity index (χ3n) is 3.87. The van der Waals surface area contributed by atoms with E-state index in [0.717, 1.165) is 11.1 Å². The predicted molar refractivity (Wildman–Crippen MR) is 115 cm³/mol. The molecule has 3 atom stereocenters. The van der Waals surface area contributed by atoms with E-state index in [0.29, 0.717) is 11.6 Å². The zero-order valence-electron chi connectivity index (χ0n) is 19.3. The molecule has 0 spiro atoms. The standard InChI is InChI=1S/C9H15N3O3S.C9H13N2O.K.O2S/c1-6-4-11-9(12-5-6)8(15-3)7(2)16(10,13)14;1-4-8(12-3)9-10-5-7(2)6-11-9;;1-3-2/h4-5,7-8H,1-3H3,(H2,10,13,14);4-6,8H,1-3H3;;/q;-1;+1;/t7-,8-;8-;;/m00../s1. The molecular formula is C18H28KN5O6S2. The van der Waals surface area contributed by atoms with Crippen molar-refractivity contribution in [2.45, 2.75) is 45.2 Å². The minimum absolute atomic E-state index is 0. The normalized spacial score (nSPS) is 13.1. The molecule has 0 aliphatic carbocycles. The summed E-state index contributed by atoms with van der Waals surface area (Å²) in [4.78, 5) is 16.4. The maximum absolute atomic E-state index is 11.2. The number of rotatable bonds is 7. The van der Waals surface area contributed by atoms with Gasteiger partial charge in [0.2, 0.25) is 10.0 Å². The van der Waals surface area contributed by atoms with Crippen LogP contribution in [0.2, 0.25) is 0 Å². The summed E-state index contributed by atoms with van der Waals surface area (Å²) >= 11 is -0.750. The Morgan fingerprint density at radius 2 is 1.31 bits per heavy atom. The van der Waals surface area contributed by atoms with Gasteiger partial charge in [0.05, 0.1) is 0 Å². The monoisotopic (exact) mass is 513 g/mol. The molecule has 0 aliphatic heterocycles. The van der Waals surface area contributed by atoms with E-state index < -0.39 is 32.9 Å². The van der Waals surface area contributed by atoms with Crippen molar-refractivity contribution in [1.29, 1.82) is 0 Å². The van der Waals surface area contributed by atoms with E-state index >= 15 is 0 Å². The quantitative estimate of drug-likeness (QED) is 0.329. The second kappa shape index (κ2) is 17.9. The topological polar surface area (TPSA) is 164 Å². The average molecular weight is 514 g/mol. The molecule has 2 N–H and O–H groups in total. The Hall–Kier alpha value is -0.554. The van der Waals surface area contributed by atoms with Gasteiger partial charge in [-0.3, -0.25) is 6.42 Å². The van der Waals surface area contributed by atoms with Crippen LogP contribution >= 0.6 is 0 Å². The van der Waals surface area contributed by atoms with Crippen molar-refractivity contribution in [3.05, 3.63) is 54.0 Å². The Balaban J connectivity index is 0. The Bertz CT molecular complexity index is 906. The fraction of sp³-hybridized carbons (Fsp3) is 0.500. The van der Waals surface area contributed by atoms with Gasteiger partial charge >= 0.3 is 63.0 Å². The van der Waals surface area contributed by atoms with Gasteiger partial charge in [0.25, 0.3) is 0 Å². The third-order valence-corrected chi connectivity index (χ3v) is 5.15. The zero-order valence-corrected chi connectivity index (χ0v) is 24.0. The second-order valence-corrected chi connectivity index (χ2v) is 8.30. The molecule has 0 aliphatic rings. The number of sulfonamides is 1. The van der Waals surface area contributed by atoms with Crippen LogP contribution in [0.5, 0.6) is 0 Å². The fourth-order valence-electron chi connectivity index (χ4n) is 2.17. The summed E-state index contributed by atoms with van der Waals surface area (Å²) in [6, 6.07) is 0.